The van der Waals surface area contributed by atoms with Crippen molar-refractivity contribution < 1.29 is 18.3 Å². The molecule has 1 heterocycles. The average Bonchev–Trinajstić information content (AvgIpc) is 2.87. The standard InChI is InChI=1S/C15H18F2N4O2/c1-10-9-12(23-14(16)17)3-4-13(10)20-15(22)18-7-5-11-6-8-19-21(11)2/h3-4,6,8-9,14H,5,7H2,1-2H3,(H2,18,20,22). The van der Waals surface area contributed by atoms with Crippen LogP contribution in [-0.4, -0.2) is 29.0 Å². The van der Waals surface area contributed by atoms with Crippen molar-refractivity contribution in [2.75, 3.05) is 11.9 Å². The maximum absolute atomic E-state index is 12.1. The molecular weight excluding hydrogens is 306 g/mol. The second kappa shape index (κ2) is 7.57. The number of carbonyl (C=O) groups excluding carboxylic acids is 1. The molecule has 2 rings (SSSR count). The van der Waals surface area contributed by atoms with Gasteiger partial charge in [-0.2, -0.15) is 13.9 Å². The number of benzene rings is 1. The van der Waals surface area contributed by atoms with E-state index < -0.39 is 6.61 Å². The van der Waals surface area contributed by atoms with Gasteiger partial charge in [0.2, 0.25) is 0 Å². The van der Waals surface area contributed by atoms with Crippen molar-refractivity contribution >= 4 is 11.7 Å². The number of hydrogen-bond acceptors (Lipinski definition) is 3. The number of aryl methyl sites for hydroxylation is 2. The highest BCUT2D eigenvalue weighted by molar-refractivity contribution is 5.90. The number of nitrogens with zero attached hydrogens (tertiary/aromatic N) is 2. The van der Waals surface area contributed by atoms with Crippen molar-refractivity contribution in [2.45, 2.75) is 20.0 Å². The fourth-order valence-corrected chi connectivity index (χ4v) is 2.07. The number of nitrogens with one attached hydrogen (secondary N) is 2. The van der Waals surface area contributed by atoms with Gasteiger partial charge in [-0.05, 0) is 36.8 Å². The van der Waals surface area contributed by atoms with Crippen molar-refractivity contribution in [2.24, 2.45) is 7.05 Å². The molecule has 0 aliphatic rings. The van der Waals surface area contributed by atoms with Gasteiger partial charge in [-0.3, -0.25) is 4.68 Å². The van der Waals surface area contributed by atoms with Crippen LogP contribution < -0.4 is 15.4 Å². The molecule has 0 atom stereocenters. The van der Waals surface area contributed by atoms with Crippen LogP contribution in [0, 0.1) is 6.92 Å². The third-order valence-corrected chi connectivity index (χ3v) is 3.26. The highest BCUT2D eigenvalue weighted by Crippen LogP contribution is 2.22. The monoisotopic (exact) mass is 324 g/mol. The molecule has 0 saturated carbocycles. The number of anilines is 1. The van der Waals surface area contributed by atoms with Gasteiger partial charge in [0.05, 0.1) is 0 Å². The van der Waals surface area contributed by atoms with Crippen LogP contribution in [0.1, 0.15) is 11.3 Å². The first-order valence-electron chi connectivity index (χ1n) is 7.03. The minimum Gasteiger partial charge on any atom is -0.435 e. The average molecular weight is 324 g/mol. The van der Waals surface area contributed by atoms with Crippen LogP contribution in [0.5, 0.6) is 5.75 Å². The fourth-order valence-electron chi connectivity index (χ4n) is 2.07. The van der Waals surface area contributed by atoms with Crippen LogP contribution >= 0.6 is 0 Å². The lowest BCUT2D eigenvalue weighted by Gasteiger charge is -2.12. The summed E-state index contributed by atoms with van der Waals surface area (Å²) in [5.74, 6) is 0.0552. The van der Waals surface area contributed by atoms with Crippen LogP contribution in [-0.2, 0) is 13.5 Å². The Balaban J connectivity index is 1.84. The van der Waals surface area contributed by atoms with Gasteiger partial charge in [0, 0.05) is 37.6 Å². The van der Waals surface area contributed by atoms with E-state index in [1.165, 1.54) is 18.2 Å². The van der Waals surface area contributed by atoms with Crippen molar-refractivity contribution in [1.29, 1.82) is 0 Å². The van der Waals surface area contributed by atoms with Gasteiger partial charge in [-0.1, -0.05) is 0 Å². The molecular formula is C15H18F2N4O2. The number of aromatic nitrogens is 2. The third-order valence-electron chi connectivity index (χ3n) is 3.26. The van der Waals surface area contributed by atoms with E-state index in [2.05, 4.69) is 20.5 Å². The summed E-state index contributed by atoms with van der Waals surface area (Å²) in [6.07, 6.45) is 2.35. The predicted octanol–water partition coefficient (Wildman–Crippen LogP) is 2.69. The SMILES string of the molecule is Cc1cc(OC(F)F)ccc1NC(=O)NCCc1ccnn1C. The van der Waals surface area contributed by atoms with Gasteiger partial charge in [0.15, 0.2) is 0 Å². The van der Waals surface area contributed by atoms with Gasteiger partial charge < -0.3 is 15.4 Å². The first-order chi connectivity index (χ1) is 11.0. The highest BCUT2D eigenvalue weighted by atomic mass is 19.3. The lowest BCUT2D eigenvalue weighted by Crippen LogP contribution is -2.31. The topological polar surface area (TPSA) is 68.2 Å². The van der Waals surface area contributed by atoms with Gasteiger partial charge in [-0.25, -0.2) is 4.79 Å². The van der Waals surface area contributed by atoms with E-state index in [-0.39, 0.29) is 11.8 Å². The van der Waals surface area contributed by atoms with E-state index in [4.69, 9.17) is 0 Å². The second-order valence-corrected chi connectivity index (χ2v) is 4.93. The summed E-state index contributed by atoms with van der Waals surface area (Å²) < 4.78 is 30.3. The molecule has 0 fully saturated rings. The minimum absolute atomic E-state index is 0.0552. The maximum atomic E-state index is 12.1. The molecule has 0 bridgehead atoms. The van der Waals surface area contributed by atoms with E-state index in [0.29, 0.717) is 24.2 Å². The fraction of sp³-hybridized carbons (Fsp3) is 0.333. The molecule has 8 heteroatoms. The molecule has 1 aromatic carbocycles. The molecule has 23 heavy (non-hydrogen) atoms. The molecule has 2 N–H and O–H groups in total. The van der Waals surface area contributed by atoms with Crippen molar-refractivity contribution in [3.8, 4) is 5.75 Å². The number of carbonyl (C=O) groups is 1. The number of halogens is 2. The van der Waals surface area contributed by atoms with Crippen LogP contribution in [0.15, 0.2) is 30.5 Å². The Morgan fingerprint density at radius 2 is 2.17 bits per heavy atom. The van der Waals surface area contributed by atoms with Crippen molar-refractivity contribution in [3.63, 3.8) is 0 Å². The number of hydrogen-bond donors (Lipinski definition) is 2. The largest absolute Gasteiger partial charge is 0.435 e. The van der Waals surface area contributed by atoms with E-state index in [9.17, 15) is 13.6 Å². The quantitative estimate of drug-likeness (QED) is 0.858. The molecule has 0 unspecified atom stereocenters. The van der Waals surface area contributed by atoms with Crippen molar-refractivity contribution in [3.05, 3.63) is 41.7 Å². The zero-order valence-electron chi connectivity index (χ0n) is 12.8. The zero-order chi connectivity index (χ0) is 16.8. The summed E-state index contributed by atoms with van der Waals surface area (Å²) >= 11 is 0. The molecule has 0 aliphatic carbocycles. The molecule has 0 radical (unpaired) electrons. The van der Waals surface area contributed by atoms with Crippen LogP contribution in [0.25, 0.3) is 0 Å². The van der Waals surface area contributed by atoms with Crippen LogP contribution in [0.2, 0.25) is 0 Å². The Labute approximate surface area is 132 Å². The Hall–Kier alpha value is -2.64. The highest BCUT2D eigenvalue weighted by Gasteiger charge is 2.08. The molecule has 0 spiro atoms. The number of amides is 2. The van der Waals surface area contributed by atoms with Crippen LogP contribution in [0.4, 0.5) is 19.3 Å². The summed E-state index contributed by atoms with van der Waals surface area (Å²) in [6.45, 7) is -0.718. The zero-order valence-corrected chi connectivity index (χ0v) is 12.8. The van der Waals surface area contributed by atoms with E-state index in [1.807, 2.05) is 13.1 Å². The maximum Gasteiger partial charge on any atom is 0.387 e. The van der Waals surface area contributed by atoms with Gasteiger partial charge in [-0.15, -0.1) is 0 Å². The van der Waals surface area contributed by atoms with Crippen molar-refractivity contribution in [1.82, 2.24) is 15.1 Å². The van der Waals surface area contributed by atoms with Gasteiger partial charge >= 0.3 is 12.6 Å². The number of urea groups is 1. The Morgan fingerprint density at radius 1 is 1.39 bits per heavy atom. The Bertz CT molecular complexity index is 673. The number of alkyl halides is 2. The minimum atomic E-state index is -2.87. The summed E-state index contributed by atoms with van der Waals surface area (Å²) in [5, 5.41) is 9.44. The summed E-state index contributed by atoms with van der Waals surface area (Å²) in [5.41, 5.74) is 2.17. The summed E-state index contributed by atoms with van der Waals surface area (Å²) in [7, 11) is 1.84. The van der Waals surface area contributed by atoms with Gasteiger partial charge in [0.1, 0.15) is 5.75 Å². The van der Waals surface area contributed by atoms with E-state index in [0.717, 1.165) is 5.69 Å². The first-order valence-corrected chi connectivity index (χ1v) is 7.03. The van der Waals surface area contributed by atoms with E-state index >= 15 is 0 Å². The summed E-state index contributed by atoms with van der Waals surface area (Å²) in [6, 6.07) is 5.86. The molecule has 0 aliphatic heterocycles. The number of rotatable bonds is 6. The molecule has 1 aromatic heterocycles. The normalized spacial score (nSPS) is 10.7. The molecule has 124 valence electrons. The van der Waals surface area contributed by atoms with Crippen LogP contribution in [0.3, 0.4) is 0 Å². The summed E-state index contributed by atoms with van der Waals surface area (Å²) in [4.78, 5) is 11.8. The molecule has 2 aromatic rings. The third kappa shape index (κ3) is 4.94. The predicted molar refractivity (Wildman–Crippen MR) is 81.7 cm³/mol. The number of ether oxygens (including phenoxy) is 1. The Morgan fingerprint density at radius 3 is 2.78 bits per heavy atom. The molecule has 6 nitrogen and oxygen atoms in total. The molecule has 2 amide bonds. The lowest BCUT2D eigenvalue weighted by atomic mass is 10.2. The smallest absolute Gasteiger partial charge is 0.387 e. The molecule has 0 saturated heterocycles. The second-order valence-electron chi connectivity index (χ2n) is 4.93. The Kier molecular flexibility index (Phi) is 5.51. The van der Waals surface area contributed by atoms with Gasteiger partial charge in [0.25, 0.3) is 0 Å². The first kappa shape index (κ1) is 16.7. The lowest BCUT2D eigenvalue weighted by molar-refractivity contribution is -0.0498. The van der Waals surface area contributed by atoms with E-state index in [1.54, 1.807) is 17.8 Å².